The van der Waals surface area contributed by atoms with Crippen LogP contribution in [-0.4, -0.2) is 19.1 Å². The average Bonchev–Trinajstić information content (AvgIpc) is 2.31. The fourth-order valence-corrected chi connectivity index (χ4v) is 2.30. The molecule has 2 N–H and O–H groups in total. The molecule has 0 aliphatic carbocycles. The molecule has 0 aromatic heterocycles. The second-order valence-corrected chi connectivity index (χ2v) is 4.84. The van der Waals surface area contributed by atoms with E-state index >= 15 is 0 Å². The molecule has 0 radical (unpaired) electrons. The quantitative estimate of drug-likeness (QED) is 0.814. The number of rotatable bonds is 3. The van der Waals surface area contributed by atoms with Crippen LogP contribution in [0.1, 0.15) is 36.9 Å². The van der Waals surface area contributed by atoms with Gasteiger partial charge < -0.3 is 10.6 Å². The first-order valence-corrected chi connectivity index (χ1v) is 6.29. The summed E-state index contributed by atoms with van der Waals surface area (Å²) in [6.45, 7) is 6.67. The van der Waals surface area contributed by atoms with E-state index in [9.17, 15) is 0 Å². The monoisotopic (exact) mass is 218 g/mol. The zero-order valence-corrected chi connectivity index (χ0v) is 10.3. The van der Waals surface area contributed by atoms with Crippen LogP contribution < -0.4 is 10.6 Å². The van der Waals surface area contributed by atoms with Gasteiger partial charge in [0.1, 0.15) is 0 Å². The normalized spacial score (nSPS) is 23.0. The molecule has 1 unspecified atom stereocenters. The topological polar surface area (TPSA) is 24.1 Å². The van der Waals surface area contributed by atoms with Crippen molar-refractivity contribution >= 4 is 0 Å². The first kappa shape index (κ1) is 11.6. The number of hydrogen-bond donors (Lipinski definition) is 2. The van der Waals surface area contributed by atoms with Gasteiger partial charge in [-0.3, -0.25) is 0 Å². The zero-order chi connectivity index (χ0) is 11.4. The van der Waals surface area contributed by atoms with Gasteiger partial charge in [0.25, 0.3) is 0 Å². The Kier molecular flexibility index (Phi) is 3.97. The Morgan fingerprint density at radius 1 is 1.31 bits per heavy atom. The molecule has 1 aliphatic heterocycles. The molecule has 2 heteroatoms. The molecule has 1 aromatic rings. The van der Waals surface area contributed by atoms with Gasteiger partial charge in [-0.1, -0.05) is 29.8 Å². The molecule has 0 saturated carbocycles. The lowest BCUT2D eigenvalue weighted by molar-refractivity contribution is 0.362. The van der Waals surface area contributed by atoms with Gasteiger partial charge in [-0.2, -0.15) is 0 Å². The van der Waals surface area contributed by atoms with Crippen LogP contribution in [0.25, 0.3) is 0 Å². The number of hydrogen-bond acceptors (Lipinski definition) is 2. The van der Waals surface area contributed by atoms with E-state index < -0.39 is 0 Å². The molecule has 0 bridgehead atoms. The predicted molar refractivity (Wildman–Crippen MR) is 68.6 cm³/mol. The Balaban J connectivity index is 1.91. The van der Waals surface area contributed by atoms with Crippen LogP contribution in [0.5, 0.6) is 0 Å². The van der Waals surface area contributed by atoms with Crippen molar-refractivity contribution in [3.63, 3.8) is 0 Å². The van der Waals surface area contributed by atoms with Gasteiger partial charge in [0, 0.05) is 18.6 Å². The summed E-state index contributed by atoms with van der Waals surface area (Å²) in [6.07, 6.45) is 2.58. The van der Waals surface area contributed by atoms with Crippen LogP contribution in [0.4, 0.5) is 0 Å². The minimum atomic E-state index is 0.450. The summed E-state index contributed by atoms with van der Waals surface area (Å²) in [6, 6.07) is 9.90. The standard InChI is InChI=1S/C14H22N2/c1-11-5-7-13(8-6-11)12(2)16-14-4-3-9-15-10-14/h5-8,12,14-16H,3-4,9-10H2,1-2H3/t12-,14?/m0/s1. The van der Waals surface area contributed by atoms with Gasteiger partial charge in [0.15, 0.2) is 0 Å². The third-order valence-electron chi connectivity index (χ3n) is 3.36. The van der Waals surface area contributed by atoms with E-state index in [0.717, 1.165) is 6.54 Å². The van der Waals surface area contributed by atoms with Crippen molar-refractivity contribution in [2.75, 3.05) is 13.1 Å². The summed E-state index contributed by atoms with van der Waals surface area (Å²) >= 11 is 0. The Morgan fingerprint density at radius 3 is 2.69 bits per heavy atom. The first-order valence-electron chi connectivity index (χ1n) is 6.29. The van der Waals surface area contributed by atoms with Crippen LogP contribution in [0, 0.1) is 6.92 Å². The number of piperidine rings is 1. The minimum Gasteiger partial charge on any atom is -0.315 e. The van der Waals surface area contributed by atoms with Crippen LogP contribution >= 0.6 is 0 Å². The largest absolute Gasteiger partial charge is 0.315 e. The van der Waals surface area contributed by atoms with Gasteiger partial charge in [-0.05, 0) is 38.8 Å². The molecule has 2 nitrogen and oxygen atoms in total. The lowest BCUT2D eigenvalue weighted by Gasteiger charge is -2.27. The van der Waals surface area contributed by atoms with Gasteiger partial charge in [-0.25, -0.2) is 0 Å². The summed E-state index contributed by atoms with van der Waals surface area (Å²) < 4.78 is 0. The summed E-state index contributed by atoms with van der Waals surface area (Å²) in [5.74, 6) is 0. The highest BCUT2D eigenvalue weighted by Gasteiger charge is 2.15. The van der Waals surface area contributed by atoms with Crippen molar-refractivity contribution in [1.82, 2.24) is 10.6 Å². The lowest BCUT2D eigenvalue weighted by atomic mass is 10.0. The van der Waals surface area contributed by atoms with Gasteiger partial charge in [0.2, 0.25) is 0 Å². The minimum absolute atomic E-state index is 0.450. The number of aryl methyl sites for hydroxylation is 1. The van der Waals surface area contributed by atoms with Crippen molar-refractivity contribution in [1.29, 1.82) is 0 Å². The smallest absolute Gasteiger partial charge is 0.0294 e. The molecular formula is C14H22N2. The summed E-state index contributed by atoms with van der Waals surface area (Å²) in [4.78, 5) is 0. The van der Waals surface area contributed by atoms with Crippen molar-refractivity contribution in [3.05, 3.63) is 35.4 Å². The van der Waals surface area contributed by atoms with Crippen molar-refractivity contribution in [2.45, 2.75) is 38.8 Å². The van der Waals surface area contributed by atoms with Crippen molar-refractivity contribution < 1.29 is 0 Å². The molecule has 0 amide bonds. The summed E-state index contributed by atoms with van der Waals surface area (Å²) in [5.41, 5.74) is 2.71. The summed E-state index contributed by atoms with van der Waals surface area (Å²) in [7, 11) is 0. The number of nitrogens with one attached hydrogen (secondary N) is 2. The Labute approximate surface area is 98.4 Å². The van der Waals surface area contributed by atoms with E-state index in [1.165, 1.54) is 30.5 Å². The van der Waals surface area contributed by atoms with E-state index in [-0.39, 0.29) is 0 Å². The van der Waals surface area contributed by atoms with Crippen molar-refractivity contribution in [2.24, 2.45) is 0 Å². The molecule has 0 spiro atoms. The molecule has 1 fully saturated rings. The second-order valence-electron chi connectivity index (χ2n) is 4.84. The lowest BCUT2D eigenvalue weighted by Crippen LogP contribution is -2.43. The molecule has 1 heterocycles. The molecule has 1 saturated heterocycles. The average molecular weight is 218 g/mol. The van der Waals surface area contributed by atoms with E-state index in [0.29, 0.717) is 12.1 Å². The van der Waals surface area contributed by atoms with E-state index in [4.69, 9.17) is 0 Å². The van der Waals surface area contributed by atoms with Gasteiger partial charge >= 0.3 is 0 Å². The maximum atomic E-state index is 3.69. The molecule has 1 aliphatic rings. The molecular weight excluding hydrogens is 196 g/mol. The number of benzene rings is 1. The molecule has 88 valence electrons. The van der Waals surface area contributed by atoms with Crippen molar-refractivity contribution in [3.8, 4) is 0 Å². The molecule has 2 atom stereocenters. The second kappa shape index (κ2) is 5.46. The highest BCUT2D eigenvalue weighted by molar-refractivity contribution is 5.23. The van der Waals surface area contributed by atoms with Gasteiger partial charge in [-0.15, -0.1) is 0 Å². The third kappa shape index (κ3) is 3.06. The van der Waals surface area contributed by atoms with E-state index in [2.05, 4.69) is 48.7 Å². The molecule has 2 rings (SSSR count). The molecule has 1 aromatic carbocycles. The van der Waals surface area contributed by atoms with Crippen LogP contribution in [0.2, 0.25) is 0 Å². The highest BCUT2D eigenvalue weighted by atomic mass is 15.0. The first-order chi connectivity index (χ1) is 7.75. The highest BCUT2D eigenvalue weighted by Crippen LogP contribution is 2.15. The van der Waals surface area contributed by atoms with E-state index in [1.54, 1.807) is 0 Å². The van der Waals surface area contributed by atoms with Crippen LogP contribution in [0.3, 0.4) is 0 Å². The maximum Gasteiger partial charge on any atom is 0.0294 e. The Hall–Kier alpha value is -0.860. The third-order valence-corrected chi connectivity index (χ3v) is 3.36. The fourth-order valence-electron chi connectivity index (χ4n) is 2.30. The van der Waals surface area contributed by atoms with Crippen LogP contribution in [-0.2, 0) is 0 Å². The fraction of sp³-hybridized carbons (Fsp3) is 0.571. The SMILES string of the molecule is Cc1ccc([C@H](C)NC2CCCNC2)cc1. The Morgan fingerprint density at radius 2 is 2.06 bits per heavy atom. The maximum absolute atomic E-state index is 3.69. The Bertz CT molecular complexity index is 312. The molecule has 16 heavy (non-hydrogen) atoms. The van der Waals surface area contributed by atoms with Gasteiger partial charge in [0.05, 0.1) is 0 Å². The van der Waals surface area contributed by atoms with Crippen LogP contribution in [0.15, 0.2) is 24.3 Å². The predicted octanol–water partition coefficient (Wildman–Crippen LogP) is 2.40. The zero-order valence-electron chi connectivity index (χ0n) is 10.3. The van der Waals surface area contributed by atoms with E-state index in [1.807, 2.05) is 0 Å². The summed E-state index contributed by atoms with van der Waals surface area (Å²) in [5, 5.41) is 7.13.